The summed E-state index contributed by atoms with van der Waals surface area (Å²) in [6, 6.07) is 0. The van der Waals surface area contributed by atoms with Crippen LogP contribution in [0.25, 0.3) is 0 Å². The monoisotopic (exact) mass is 234 g/mol. The molecular weight excluding hydrogens is 230 g/mol. The van der Waals surface area contributed by atoms with E-state index in [-0.39, 0.29) is 78.0 Å². The van der Waals surface area contributed by atoms with Gasteiger partial charge >= 0.3 is 21.7 Å². The van der Waals surface area contributed by atoms with Crippen molar-refractivity contribution < 1.29 is 76.5 Å². The van der Waals surface area contributed by atoms with Crippen molar-refractivity contribution >= 4 is 0 Å². The van der Waals surface area contributed by atoms with Crippen molar-refractivity contribution in [1.29, 1.82) is 0 Å². The molecule has 0 unspecified atom stereocenters. The first kappa shape index (κ1) is 52.2. The van der Waals surface area contributed by atoms with E-state index in [1.807, 2.05) is 0 Å². The van der Waals surface area contributed by atoms with E-state index in [2.05, 4.69) is 0 Å². The van der Waals surface area contributed by atoms with Gasteiger partial charge in [-0.05, 0) is 6.92 Å². The Morgan fingerprint density at radius 1 is 1.00 bits per heavy atom. The van der Waals surface area contributed by atoms with Gasteiger partial charge in [0.25, 0.3) is 0 Å². The van der Waals surface area contributed by atoms with Crippen molar-refractivity contribution in [2.24, 2.45) is 0 Å². The van der Waals surface area contributed by atoms with Crippen molar-refractivity contribution in [2.75, 3.05) is 6.61 Å². The van der Waals surface area contributed by atoms with Gasteiger partial charge in [-0.15, -0.1) is 0 Å². The van der Waals surface area contributed by atoms with Crippen molar-refractivity contribution in [3.05, 3.63) is 0 Å². The largest absolute Gasteiger partial charge is 4.00 e. The fraction of sp³-hybridized carbons (Fsp3) is 1.00. The van der Waals surface area contributed by atoms with E-state index < -0.39 is 0 Å². The predicted octanol–water partition coefficient (Wildman–Crippen LogP) is -12.0. The standard InChI is InChI=1S/C2H6O.4ClH.Ti/c1-2-3;;;;;/h3H,2H2,1H3;4*1H;/q;;;;;+4/p-4. The molecule has 0 aromatic rings. The minimum absolute atomic E-state index is 0. The average molecular weight is 236 g/mol. The number of rotatable bonds is 0. The summed E-state index contributed by atoms with van der Waals surface area (Å²) in [7, 11) is 0. The van der Waals surface area contributed by atoms with Crippen LogP contribution in [0.15, 0.2) is 0 Å². The zero-order chi connectivity index (χ0) is 2.71. The number of aliphatic hydroxyl groups is 1. The van der Waals surface area contributed by atoms with Crippen LogP contribution in [0.4, 0.5) is 0 Å². The van der Waals surface area contributed by atoms with Gasteiger partial charge in [0, 0.05) is 6.61 Å². The Balaban J connectivity index is -0.00000000200. The summed E-state index contributed by atoms with van der Waals surface area (Å²) in [4.78, 5) is 0. The Bertz CT molecular complexity index is 14.0. The van der Waals surface area contributed by atoms with Gasteiger partial charge in [0.1, 0.15) is 0 Å². The second-order valence-corrected chi connectivity index (χ2v) is 0.316. The minimum atomic E-state index is 0. The van der Waals surface area contributed by atoms with Gasteiger partial charge < -0.3 is 54.7 Å². The van der Waals surface area contributed by atoms with Gasteiger partial charge in [-0.2, -0.15) is 0 Å². The van der Waals surface area contributed by atoms with Crippen LogP contribution in [0.2, 0.25) is 0 Å². The van der Waals surface area contributed by atoms with E-state index in [1.54, 1.807) is 6.92 Å². The molecule has 0 radical (unpaired) electrons. The van der Waals surface area contributed by atoms with Crippen LogP contribution in [-0.4, -0.2) is 11.7 Å². The average Bonchev–Trinajstić information content (AvgIpc) is 0.918. The quantitative estimate of drug-likeness (QED) is 0.414. The first-order valence-electron chi connectivity index (χ1n) is 1.02. The van der Waals surface area contributed by atoms with Crippen LogP contribution in [-0.2, 0) is 21.7 Å². The normalized spacial score (nSPS) is 2.25. The third-order valence-corrected chi connectivity index (χ3v) is 0. The molecule has 6 heteroatoms. The van der Waals surface area contributed by atoms with E-state index in [0.717, 1.165) is 0 Å². The molecule has 0 aliphatic heterocycles. The number of hydrogen-bond acceptors (Lipinski definition) is 1. The summed E-state index contributed by atoms with van der Waals surface area (Å²) in [5, 5.41) is 7.57. The predicted molar refractivity (Wildman–Crippen MR) is 12.8 cm³/mol. The van der Waals surface area contributed by atoms with E-state index in [4.69, 9.17) is 5.11 Å². The molecule has 0 spiro atoms. The van der Waals surface area contributed by atoms with Crippen LogP contribution >= 0.6 is 0 Å². The third-order valence-electron chi connectivity index (χ3n) is 0. The smallest absolute Gasteiger partial charge is 1.00 e. The van der Waals surface area contributed by atoms with Gasteiger partial charge in [-0.3, -0.25) is 0 Å². The Morgan fingerprint density at radius 3 is 1.00 bits per heavy atom. The van der Waals surface area contributed by atoms with Gasteiger partial charge in [0.05, 0.1) is 0 Å². The van der Waals surface area contributed by atoms with Gasteiger partial charge in [-0.25, -0.2) is 0 Å². The maximum absolute atomic E-state index is 7.57. The zero-order valence-corrected chi connectivity index (χ0v) is 8.75. The molecular formula is C2H6Cl4OTi. The molecule has 0 aromatic heterocycles. The van der Waals surface area contributed by atoms with Crippen LogP contribution in [0.3, 0.4) is 0 Å². The molecule has 0 aliphatic carbocycles. The summed E-state index contributed by atoms with van der Waals surface area (Å²) < 4.78 is 0. The molecule has 0 heterocycles. The van der Waals surface area contributed by atoms with Crippen molar-refractivity contribution in [2.45, 2.75) is 6.92 Å². The van der Waals surface area contributed by atoms with Crippen LogP contribution in [0.1, 0.15) is 6.92 Å². The zero-order valence-electron chi connectivity index (χ0n) is 4.17. The summed E-state index contributed by atoms with van der Waals surface area (Å²) in [6.45, 7) is 1.93. The molecule has 0 atom stereocenters. The van der Waals surface area contributed by atoms with E-state index in [1.165, 1.54) is 0 Å². The Kier molecular flexibility index (Phi) is 440. The molecule has 1 N–H and O–H groups in total. The minimum Gasteiger partial charge on any atom is -1.00 e. The SMILES string of the molecule is CCO.[Cl-].[Cl-].[Cl-].[Cl-].[Ti+4]. The van der Waals surface area contributed by atoms with E-state index in [9.17, 15) is 0 Å². The molecule has 0 saturated heterocycles. The van der Waals surface area contributed by atoms with Crippen molar-refractivity contribution in [1.82, 2.24) is 0 Å². The molecule has 0 bridgehead atoms. The maximum Gasteiger partial charge on any atom is 4.00 e. The Hall–Kier alpha value is 1.83. The molecule has 0 rings (SSSR count). The molecule has 0 aromatic carbocycles. The number of halogens is 4. The molecule has 0 aliphatic rings. The Labute approximate surface area is 89.5 Å². The first-order valence-corrected chi connectivity index (χ1v) is 1.02. The number of aliphatic hydroxyl groups excluding tert-OH is 1. The number of hydrogen-bond donors (Lipinski definition) is 1. The molecule has 1 nitrogen and oxygen atoms in total. The summed E-state index contributed by atoms with van der Waals surface area (Å²) in [6.07, 6.45) is 0. The summed E-state index contributed by atoms with van der Waals surface area (Å²) >= 11 is 0. The van der Waals surface area contributed by atoms with Crippen LogP contribution in [0.5, 0.6) is 0 Å². The van der Waals surface area contributed by atoms with Gasteiger partial charge in [0.2, 0.25) is 0 Å². The second-order valence-electron chi connectivity index (χ2n) is 0.316. The fourth-order valence-electron chi connectivity index (χ4n) is 0. The molecule has 8 heavy (non-hydrogen) atoms. The van der Waals surface area contributed by atoms with Crippen LogP contribution < -0.4 is 49.6 Å². The van der Waals surface area contributed by atoms with Gasteiger partial charge in [0.15, 0.2) is 0 Å². The van der Waals surface area contributed by atoms with Crippen LogP contribution in [0, 0.1) is 0 Å². The van der Waals surface area contributed by atoms with Crippen molar-refractivity contribution in [3.8, 4) is 0 Å². The summed E-state index contributed by atoms with van der Waals surface area (Å²) in [5.74, 6) is 0. The molecule has 0 amide bonds. The molecule has 0 saturated carbocycles. The maximum atomic E-state index is 7.57. The topological polar surface area (TPSA) is 20.2 Å². The van der Waals surface area contributed by atoms with E-state index in [0.29, 0.717) is 0 Å². The first-order chi connectivity index (χ1) is 1.41. The third kappa shape index (κ3) is 109. The van der Waals surface area contributed by atoms with Gasteiger partial charge in [-0.1, -0.05) is 0 Å². The molecule has 52 valence electrons. The summed E-state index contributed by atoms with van der Waals surface area (Å²) in [5.41, 5.74) is 0. The Morgan fingerprint density at radius 2 is 1.00 bits per heavy atom. The molecule has 0 fully saturated rings. The second kappa shape index (κ2) is 67.5. The fourth-order valence-corrected chi connectivity index (χ4v) is 0. The van der Waals surface area contributed by atoms with E-state index >= 15 is 0 Å². The van der Waals surface area contributed by atoms with Crippen molar-refractivity contribution in [3.63, 3.8) is 0 Å².